The topological polar surface area (TPSA) is 64.0 Å². The lowest BCUT2D eigenvalue weighted by Gasteiger charge is -2.13. The Balaban J connectivity index is 1.88. The molecule has 0 unspecified atom stereocenters. The van der Waals surface area contributed by atoms with Gasteiger partial charge in [-0.15, -0.1) is 0 Å². The van der Waals surface area contributed by atoms with E-state index < -0.39 is 17.6 Å². The maximum absolute atomic E-state index is 12.8. The van der Waals surface area contributed by atoms with E-state index >= 15 is 0 Å². The van der Waals surface area contributed by atoms with E-state index in [4.69, 9.17) is 0 Å². The molecule has 2 aromatic carbocycles. The highest BCUT2D eigenvalue weighted by Gasteiger charge is 2.30. The summed E-state index contributed by atoms with van der Waals surface area (Å²) >= 11 is 0. The van der Waals surface area contributed by atoms with Crippen molar-refractivity contribution in [2.45, 2.75) is 26.1 Å². The molecule has 0 bridgehead atoms. The van der Waals surface area contributed by atoms with Crippen LogP contribution in [-0.2, 0) is 23.9 Å². The normalized spacial score (nSPS) is 11.6. The number of benzene rings is 2. The van der Waals surface area contributed by atoms with Gasteiger partial charge in [0.15, 0.2) is 0 Å². The fourth-order valence-corrected chi connectivity index (χ4v) is 2.76. The van der Waals surface area contributed by atoms with Crippen molar-refractivity contribution < 1.29 is 18.0 Å². The van der Waals surface area contributed by atoms with Crippen molar-refractivity contribution >= 4 is 22.5 Å². The van der Waals surface area contributed by atoms with E-state index in [9.17, 15) is 22.8 Å². The lowest BCUT2D eigenvalue weighted by atomic mass is 10.2. The second kappa shape index (κ2) is 7.22. The number of carbonyl (C=O) groups excluding carboxylic acids is 1. The maximum Gasteiger partial charge on any atom is 0.416 e. The SMILES string of the molecule is CCc1nc2ccccc2c(=O)n1CC(=O)Nc1cccc(C(F)(F)F)c1. The predicted molar refractivity (Wildman–Crippen MR) is 95.5 cm³/mol. The van der Waals surface area contributed by atoms with Crippen molar-refractivity contribution in [3.63, 3.8) is 0 Å². The number of halogens is 3. The molecule has 1 aromatic heterocycles. The molecule has 3 aromatic rings. The van der Waals surface area contributed by atoms with Gasteiger partial charge < -0.3 is 5.32 Å². The van der Waals surface area contributed by atoms with Crippen LogP contribution in [0.3, 0.4) is 0 Å². The summed E-state index contributed by atoms with van der Waals surface area (Å²) < 4.78 is 39.6. The van der Waals surface area contributed by atoms with Crippen LogP contribution in [0.1, 0.15) is 18.3 Å². The fraction of sp³-hybridized carbons (Fsp3) is 0.211. The van der Waals surface area contributed by atoms with Gasteiger partial charge in [-0.25, -0.2) is 4.98 Å². The van der Waals surface area contributed by atoms with Crippen LogP contribution in [0, 0.1) is 0 Å². The van der Waals surface area contributed by atoms with E-state index in [1.165, 1.54) is 16.7 Å². The highest BCUT2D eigenvalue weighted by atomic mass is 19.4. The third kappa shape index (κ3) is 3.99. The van der Waals surface area contributed by atoms with Crippen molar-refractivity contribution in [1.82, 2.24) is 9.55 Å². The molecule has 5 nitrogen and oxygen atoms in total. The van der Waals surface area contributed by atoms with Crippen LogP contribution in [0.2, 0.25) is 0 Å². The summed E-state index contributed by atoms with van der Waals surface area (Å²) in [5.74, 6) is -0.180. The number of fused-ring (bicyclic) bond motifs is 1. The van der Waals surface area contributed by atoms with Gasteiger partial charge in [-0.2, -0.15) is 13.2 Å². The Morgan fingerprint density at radius 2 is 1.89 bits per heavy atom. The molecular formula is C19H16F3N3O2. The van der Waals surface area contributed by atoms with Crippen LogP contribution in [0.25, 0.3) is 10.9 Å². The molecule has 0 saturated heterocycles. The second-order valence-corrected chi connectivity index (χ2v) is 5.92. The molecule has 140 valence electrons. The minimum absolute atomic E-state index is 0.00895. The monoisotopic (exact) mass is 375 g/mol. The minimum atomic E-state index is -4.50. The maximum atomic E-state index is 12.8. The number of hydrogen-bond acceptors (Lipinski definition) is 3. The summed E-state index contributed by atoms with van der Waals surface area (Å²) in [7, 11) is 0. The number of para-hydroxylation sites is 1. The van der Waals surface area contributed by atoms with Crippen molar-refractivity contribution in [3.05, 3.63) is 70.3 Å². The molecule has 0 aliphatic heterocycles. The Morgan fingerprint density at radius 3 is 2.59 bits per heavy atom. The van der Waals surface area contributed by atoms with E-state index in [0.717, 1.165) is 12.1 Å². The first kappa shape index (κ1) is 18.6. The number of alkyl halides is 3. The average Bonchev–Trinajstić information content (AvgIpc) is 2.63. The molecule has 0 spiro atoms. The number of nitrogens with zero attached hydrogens (tertiary/aromatic N) is 2. The number of nitrogens with one attached hydrogen (secondary N) is 1. The third-order valence-electron chi connectivity index (χ3n) is 4.03. The smallest absolute Gasteiger partial charge is 0.325 e. The molecule has 1 amide bonds. The number of hydrogen-bond donors (Lipinski definition) is 1. The molecule has 0 aliphatic rings. The Hall–Kier alpha value is -3.16. The van der Waals surface area contributed by atoms with Gasteiger partial charge in [0.25, 0.3) is 5.56 Å². The predicted octanol–water partition coefficient (Wildman–Crippen LogP) is 3.62. The van der Waals surface area contributed by atoms with Gasteiger partial charge in [-0.05, 0) is 30.3 Å². The van der Waals surface area contributed by atoms with Gasteiger partial charge in [-0.3, -0.25) is 14.2 Å². The number of anilines is 1. The number of carbonyl (C=O) groups is 1. The molecular weight excluding hydrogens is 359 g/mol. The summed E-state index contributed by atoms with van der Waals surface area (Å²) in [6.45, 7) is 1.47. The Bertz CT molecular complexity index is 1060. The zero-order valence-corrected chi connectivity index (χ0v) is 14.4. The largest absolute Gasteiger partial charge is 0.416 e. The van der Waals surface area contributed by atoms with Crippen molar-refractivity contribution in [2.24, 2.45) is 0 Å². The summed E-state index contributed by atoms with van der Waals surface area (Å²) in [4.78, 5) is 29.4. The van der Waals surface area contributed by atoms with Gasteiger partial charge in [0.2, 0.25) is 5.91 Å². The van der Waals surface area contributed by atoms with Gasteiger partial charge in [0.1, 0.15) is 12.4 Å². The first-order valence-electron chi connectivity index (χ1n) is 8.25. The summed E-state index contributed by atoms with van der Waals surface area (Å²) in [5, 5.41) is 2.78. The lowest BCUT2D eigenvalue weighted by molar-refractivity contribution is -0.137. The Labute approximate surface area is 152 Å². The number of aromatic nitrogens is 2. The van der Waals surface area contributed by atoms with Crippen molar-refractivity contribution in [3.8, 4) is 0 Å². The van der Waals surface area contributed by atoms with Crippen molar-refractivity contribution in [2.75, 3.05) is 5.32 Å². The van der Waals surface area contributed by atoms with Gasteiger partial charge in [0, 0.05) is 12.1 Å². The fourth-order valence-electron chi connectivity index (χ4n) is 2.76. The molecule has 3 rings (SSSR count). The van der Waals surface area contributed by atoms with Gasteiger partial charge >= 0.3 is 6.18 Å². The third-order valence-corrected chi connectivity index (χ3v) is 4.03. The molecule has 0 fully saturated rings. The summed E-state index contributed by atoms with van der Waals surface area (Å²) in [6.07, 6.45) is -4.08. The molecule has 0 radical (unpaired) electrons. The molecule has 0 atom stereocenters. The molecule has 1 N–H and O–H groups in total. The van der Waals surface area contributed by atoms with E-state index in [1.54, 1.807) is 31.2 Å². The van der Waals surface area contributed by atoms with Crippen LogP contribution < -0.4 is 10.9 Å². The molecule has 1 heterocycles. The molecule has 0 saturated carbocycles. The highest BCUT2D eigenvalue weighted by molar-refractivity contribution is 5.91. The molecule has 27 heavy (non-hydrogen) atoms. The molecule has 0 aliphatic carbocycles. The van der Waals surface area contributed by atoms with Gasteiger partial charge in [0.05, 0.1) is 16.5 Å². The summed E-state index contributed by atoms with van der Waals surface area (Å²) in [6, 6.07) is 11.1. The first-order chi connectivity index (χ1) is 12.8. The number of amides is 1. The zero-order valence-electron chi connectivity index (χ0n) is 14.4. The van der Waals surface area contributed by atoms with Crippen LogP contribution in [0.4, 0.5) is 18.9 Å². The Morgan fingerprint density at radius 1 is 1.15 bits per heavy atom. The molecule has 8 heteroatoms. The lowest BCUT2D eigenvalue weighted by Crippen LogP contribution is -2.31. The average molecular weight is 375 g/mol. The Kier molecular flexibility index (Phi) is 4.98. The van der Waals surface area contributed by atoms with Crippen LogP contribution >= 0.6 is 0 Å². The van der Waals surface area contributed by atoms with Crippen LogP contribution in [0.15, 0.2) is 53.3 Å². The van der Waals surface area contributed by atoms with Crippen LogP contribution in [0.5, 0.6) is 0 Å². The minimum Gasteiger partial charge on any atom is -0.325 e. The van der Waals surface area contributed by atoms with E-state index in [1.807, 2.05) is 0 Å². The first-order valence-corrected chi connectivity index (χ1v) is 8.25. The second-order valence-electron chi connectivity index (χ2n) is 5.92. The van der Waals surface area contributed by atoms with Crippen LogP contribution in [-0.4, -0.2) is 15.5 Å². The van der Waals surface area contributed by atoms with E-state index in [-0.39, 0.29) is 17.8 Å². The highest BCUT2D eigenvalue weighted by Crippen LogP contribution is 2.30. The van der Waals surface area contributed by atoms with Gasteiger partial charge in [-0.1, -0.05) is 25.1 Å². The number of aryl methyl sites for hydroxylation is 1. The van der Waals surface area contributed by atoms with Crippen molar-refractivity contribution in [1.29, 1.82) is 0 Å². The standard InChI is InChI=1S/C19H16F3N3O2/c1-2-16-24-15-9-4-3-8-14(15)18(27)25(16)11-17(26)23-13-7-5-6-12(10-13)19(20,21)22/h3-10H,2,11H2,1H3,(H,23,26). The summed E-state index contributed by atoms with van der Waals surface area (Å²) in [5.41, 5.74) is -0.681. The number of rotatable bonds is 4. The van der Waals surface area contributed by atoms with E-state index in [0.29, 0.717) is 23.1 Å². The quantitative estimate of drug-likeness (QED) is 0.758. The zero-order chi connectivity index (χ0) is 19.6. The van der Waals surface area contributed by atoms with E-state index in [2.05, 4.69) is 10.3 Å².